The quantitative estimate of drug-likeness (QED) is 0.898. The molecule has 1 heterocycles. The predicted molar refractivity (Wildman–Crippen MR) is 84.5 cm³/mol. The average molecular weight is 281 g/mol. The maximum atomic E-state index is 12.1. The van der Waals surface area contributed by atoms with Gasteiger partial charge in [-0.1, -0.05) is 31.0 Å². The van der Waals surface area contributed by atoms with E-state index in [1.54, 1.807) is 12.3 Å². The van der Waals surface area contributed by atoms with Crippen LogP contribution in [0.25, 0.3) is 0 Å². The van der Waals surface area contributed by atoms with Gasteiger partial charge in [-0.3, -0.25) is 4.79 Å². The second-order valence-electron chi connectivity index (χ2n) is 5.38. The number of rotatable bonds is 4. The monoisotopic (exact) mass is 281 g/mol. The van der Waals surface area contributed by atoms with Crippen LogP contribution in [0.1, 0.15) is 36.2 Å². The highest BCUT2D eigenvalue weighted by Crippen LogP contribution is 2.22. The van der Waals surface area contributed by atoms with Gasteiger partial charge in [0.15, 0.2) is 0 Å². The Balaban J connectivity index is 1.62. The van der Waals surface area contributed by atoms with Gasteiger partial charge in [-0.05, 0) is 37.1 Å². The molecule has 1 aliphatic rings. The molecule has 3 rings (SSSR count). The number of aromatic nitrogens is 1. The molecule has 0 aliphatic heterocycles. The van der Waals surface area contributed by atoms with Crippen molar-refractivity contribution in [3.05, 3.63) is 54.4 Å². The van der Waals surface area contributed by atoms with Crippen LogP contribution in [0.5, 0.6) is 0 Å². The fourth-order valence-electron chi connectivity index (χ4n) is 2.64. The number of hydrogen-bond acceptors (Lipinski definition) is 3. The molecular formula is C17H19N3O. The van der Waals surface area contributed by atoms with Crippen LogP contribution < -0.4 is 10.6 Å². The highest BCUT2D eigenvalue weighted by Gasteiger charge is 2.15. The topological polar surface area (TPSA) is 54.0 Å². The van der Waals surface area contributed by atoms with Gasteiger partial charge in [0.1, 0.15) is 5.69 Å². The molecule has 4 nitrogen and oxygen atoms in total. The van der Waals surface area contributed by atoms with E-state index in [2.05, 4.69) is 15.6 Å². The lowest BCUT2D eigenvalue weighted by atomic mass is 10.2. The largest absolute Gasteiger partial charge is 0.381 e. The molecule has 1 amide bonds. The maximum Gasteiger partial charge on any atom is 0.274 e. The number of carbonyl (C=O) groups is 1. The molecule has 1 aliphatic carbocycles. The lowest BCUT2D eigenvalue weighted by Crippen LogP contribution is -2.16. The number of nitrogens with one attached hydrogen (secondary N) is 2. The van der Waals surface area contributed by atoms with Gasteiger partial charge in [-0.25, -0.2) is 4.98 Å². The number of carbonyl (C=O) groups excluding carboxylic acids is 1. The zero-order valence-electron chi connectivity index (χ0n) is 11.9. The first-order valence-electron chi connectivity index (χ1n) is 7.40. The minimum absolute atomic E-state index is 0.186. The number of hydrogen-bond donors (Lipinski definition) is 2. The number of anilines is 2. The number of para-hydroxylation sites is 1. The zero-order valence-corrected chi connectivity index (χ0v) is 11.9. The SMILES string of the molecule is O=C(Nc1ccccc1)c1ccc(NC2CCCC2)cn1. The summed E-state index contributed by atoms with van der Waals surface area (Å²) in [6.45, 7) is 0. The first-order chi connectivity index (χ1) is 10.3. The summed E-state index contributed by atoms with van der Waals surface area (Å²) in [6, 6.07) is 13.6. The molecule has 0 saturated heterocycles. The number of pyridine rings is 1. The summed E-state index contributed by atoms with van der Waals surface area (Å²) < 4.78 is 0. The van der Waals surface area contributed by atoms with E-state index in [9.17, 15) is 4.79 Å². The molecule has 2 aromatic rings. The average Bonchev–Trinajstić information content (AvgIpc) is 3.02. The van der Waals surface area contributed by atoms with Crippen LogP contribution in [-0.4, -0.2) is 16.9 Å². The third kappa shape index (κ3) is 3.60. The molecule has 0 unspecified atom stereocenters. The molecule has 4 heteroatoms. The zero-order chi connectivity index (χ0) is 14.5. The second-order valence-corrected chi connectivity index (χ2v) is 5.38. The molecule has 1 aromatic carbocycles. The minimum Gasteiger partial charge on any atom is -0.381 e. The second kappa shape index (κ2) is 6.39. The summed E-state index contributed by atoms with van der Waals surface area (Å²) in [5, 5.41) is 6.29. The highest BCUT2D eigenvalue weighted by atomic mass is 16.1. The van der Waals surface area contributed by atoms with Gasteiger partial charge >= 0.3 is 0 Å². The Hall–Kier alpha value is -2.36. The molecule has 1 fully saturated rings. The Kier molecular flexibility index (Phi) is 4.15. The van der Waals surface area contributed by atoms with Crippen LogP contribution >= 0.6 is 0 Å². The van der Waals surface area contributed by atoms with E-state index < -0.39 is 0 Å². The van der Waals surface area contributed by atoms with Crippen LogP contribution in [0.4, 0.5) is 11.4 Å². The summed E-state index contributed by atoms with van der Waals surface area (Å²) in [5.74, 6) is -0.186. The number of amides is 1. The lowest BCUT2D eigenvalue weighted by Gasteiger charge is -2.13. The van der Waals surface area contributed by atoms with Gasteiger partial charge in [0.25, 0.3) is 5.91 Å². The molecule has 1 aromatic heterocycles. The van der Waals surface area contributed by atoms with Crippen molar-refractivity contribution < 1.29 is 4.79 Å². The fraction of sp³-hybridized carbons (Fsp3) is 0.294. The van der Waals surface area contributed by atoms with Crippen LogP contribution in [0.15, 0.2) is 48.7 Å². The summed E-state index contributed by atoms with van der Waals surface area (Å²) in [6.07, 6.45) is 6.76. The fourth-order valence-corrected chi connectivity index (χ4v) is 2.64. The summed E-state index contributed by atoms with van der Waals surface area (Å²) >= 11 is 0. The van der Waals surface area contributed by atoms with Crippen molar-refractivity contribution in [2.45, 2.75) is 31.7 Å². The standard InChI is InChI=1S/C17H19N3O/c21-17(20-14-6-2-1-3-7-14)16-11-10-15(12-18-16)19-13-8-4-5-9-13/h1-3,6-7,10-13,19H,4-5,8-9H2,(H,20,21). The van der Waals surface area contributed by atoms with E-state index in [1.165, 1.54) is 25.7 Å². The van der Waals surface area contributed by atoms with Gasteiger partial charge in [-0.2, -0.15) is 0 Å². The normalized spacial score (nSPS) is 14.9. The Morgan fingerprint density at radius 1 is 1.00 bits per heavy atom. The van der Waals surface area contributed by atoms with E-state index in [1.807, 2.05) is 36.4 Å². The van der Waals surface area contributed by atoms with Crippen molar-refractivity contribution in [1.82, 2.24) is 4.98 Å². The van der Waals surface area contributed by atoms with Crippen LogP contribution in [-0.2, 0) is 0 Å². The molecular weight excluding hydrogens is 262 g/mol. The molecule has 1 saturated carbocycles. The molecule has 21 heavy (non-hydrogen) atoms. The van der Waals surface area contributed by atoms with Crippen molar-refractivity contribution in [3.8, 4) is 0 Å². The van der Waals surface area contributed by atoms with Gasteiger partial charge in [-0.15, -0.1) is 0 Å². The Bertz CT molecular complexity index is 589. The van der Waals surface area contributed by atoms with Crippen molar-refractivity contribution >= 4 is 17.3 Å². The molecule has 0 radical (unpaired) electrons. The minimum atomic E-state index is -0.186. The van der Waals surface area contributed by atoms with Gasteiger partial charge in [0.05, 0.1) is 11.9 Å². The Morgan fingerprint density at radius 2 is 1.76 bits per heavy atom. The molecule has 2 N–H and O–H groups in total. The molecule has 0 bridgehead atoms. The van der Waals surface area contributed by atoms with E-state index >= 15 is 0 Å². The van der Waals surface area contributed by atoms with Crippen LogP contribution in [0, 0.1) is 0 Å². The maximum absolute atomic E-state index is 12.1. The van der Waals surface area contributed by atoms with Crippen LogP contribution in [0.3, 0.4) is 0 Å². The smallest absolute Gasteiger partial charge is 0.274 e. The van der Waals surface area contributed by atoms with E-state index in [-0.39, 0.29) is 5.91 Å². The van der Waals surface area contributed by atoms with Gasteiger partial charge < -0.3 is 10.6 Å². The van der Waals surface area contributed by atoms with E-state index in [0.717, 1.165) is 11.4 Å². The third-order valence-corrected chi connectivity index (χ3v) is 3.75. The summed E-state index contributed by atoms with van der Waals surface area (Å²) in [7, 11) is 0. The number of nitrogens with zero attached hydrogens (tertiary/aromatic N) is 1. The van der Waals surface area contributed by atoms with Crippen molar-refractivity contribution in [3.63, 3.8) is 0 Å². The predicted octanol–water partition coefficient (Wildman–Crippen LogP) is 3.69. The molecule has 0 spiro atoms. The Morgan fingerprint density at radius 3 is 2.43 bits per heavy atom. The first kappa shape index (κ1) is 13.6. The lowest BCUT2D eigenvalue weighted by molar-refractivity contribution is 0.102. The van der Waals surface area contributed by atoms with Crippen molar-refractivity contribution in [1.29, 1.82) is 0 Å². The van der Waals surface area contributed by atoms with Gasteiger partial charge in [0, 0.05) is 11.7 Å². The van der Waals surface area contributed by atoms with E-state index in [4.69, 9.17) is 0 Å². The van der Waals surface area contributed by atoms with Crippen molar-refractivity contribution in [2.75, 3.05) is 10.6 Å². The highest BCUT2D eigenvalue weighted by molar-refractivity contribution is 6.02. The summed E-state index contributed by atoms with van der Waals surface area (Å²) in [5.41, 5.74) is 2.19. The first-order valence-corrected chi connectivity index (χ1v) is 7.40. The third-order valence-electron chi connectivity index (χ3n) is 3.75. The van der Waals surface area contributed by atoms with Gasteiger partial charge in [0.2, 0.25) is 0 Å². The molecule has 0 atom stereocenters. The Labute approximate surface area is 124 Å². The molecule has 108 valence electrons. The number of benzene rings is 1. The van der Waals surface area contributed by atoms with E-state index in [0.29, 0.717) is 11.7 Å². The van der Waals surface area contributed by atoms with Crippen LogP contribution in [0.2, 0.25) is 0 Å². The summed E-state index contributed by atoms with van der Waals surface area (Å²) in [4.78, 5) is 16.3. The van der Waals surface area contributed by atoms with Crippen molar-refractivity contribution in [2.24, 2.45) is 0 Å².